The fraction of sp³-hybridized carbons (Fsp3) is 0.357. The van der Waals surface area contributed by atoms with Gasteiger partial charge in [-0.25, -0.2) is 9.08 Å². The van der Waals surface area contributed by atoms with E-state index in [1.54, 1.807) is 0 Å². The smallest absolute Gasteiger partial charge is 0.0598 e. The zero-order valence-corrected chi connectivity index (χ0v) is 11.8. The van der Waals surface area contributed by atoms with Crippen molar-refractivity contribution in [2.24, 2.45) is 4.36 Å². The van der Waals surface area contributed by atoms with Crippen LogP contribution in [0.3, 0.4) is 0 Å². The van der Waals surface area contributed by atoms with E-state index >= 15 is 0 Å². The molecule has 0 aliphatic carbocycles. The molecule has 0 aromatic heterocycles. The summed E-state index contributed by atoms with van der Waals surface area (Å²) in [7, 11) is -1.47. The van der Waals surface area contributed by atoms with Crippen molar-refractivity contribution in [3.63, 3.8) is 0 Å². The van der Waals surface area contributed by atoms with E-state index in [-0.39, 0.29) is 6.04 Å². The van der Waals surface area contributed by atoms with Gasteiger partial charge in [0.25, 0.3) is 0 Å². The first-order valence-corrected chi connectivity index (χ1v) is 7.82. The van der Waals surface area contributed by atoms with Crippen LogP contribution in [0.15, 0.2) is 51.9 Å². The Bertz CT molecular complexity index is 482. The molecule has 0 amide bonds. The number of rotatable bonds is 2. The van der Waals surface area contributed by atoms with Gasteiger partial charge in [0, 0.05) is 4.90 Å². The van der Waals surface area contributed by atoms with Crippen molar-refractivity contribution in [3.05, 3.63) is 42.6 Å². The molecule has 1 heterocycles. The summed E-state index contributed by atoms with van der Waals surface area (Å²) in [6, 6.07) is 10.5. The Kier molecular flexibility index (Phi) is 4.97. The molecule has 1 N–H and O–H groups in total. The van der Waals surface area contributed by atoms with Crippen molar-refractivity contribution >= 4 is 15.5 Å². The molecule has 1 aliphatic heterocycles. The van der Waals surface area contributed by atoms with Crippen LogP contribution in [0.25, 0.3) is 0 Å². The fourth-order valence-corrected chi connectivity index (χ4v) is 3.88. The Balaban J connectivity index is 0.000000686. The summed E-state index contributed by atoms with van der Waals surface area (Å²) in [6.45, 7) is 10.1. The van der Waals surface area contributed by atoms with Gasteiger partial charge in [-0.3, -0.25) is 0 Å². The average Bonchev–Trinajstić information content (AvgIpc) is 2.69. The van der Waals surface area contributed by atoms with Crippen molar-refractivity contribution in [2.45, 2.75) is 38.1 Å². The van der Waals surface area contributed by atoms with E-state index in [1.165, 1.54) is 4.90 Å². The zero-order valence-electron chi connectivity index (χ0n) is 10.9. The molecule has 0 spiro atoms. The Morgan fingerprint density at radius 3 is 2.35 bits per heavy atom. The van der Waals surface area contributed by atoms with Gasteiger partial charge in [0.2, 0.25) is 0 Å². The standard InChI is InChI=1S/C12H16N2S.C2H6/c1-4-12-10(2)13-15(3,14-12)11-8-6-5-7-9-11;1-2/h5-9,12H,2-4H2,1H3,(H,13,14);1-2H3. The first kappa shape index (κ1) is 14.0. The van der Waals surface area contributed by atoms with Crippen LogP contribution in [-0.2, 0) is 9.60 Å². The van der Waals surface area contributed by atoms with Crippen molar-refractivity contribution in [3.8, 4) is 0 Å². The largest absolute Gasteiger partial charge is 0.249 e. The van der Waals surface area contributed by atoms with Gasteiger partial charge in [0.15, 0.2) is 0 Å². The molecule has 1 aromatic carbocycles. The van der Waals surface area contributed by atoms with Crippen molar-refractivity contribution in [1.82, 2.24) is 4.72 Å². The Morgan fingerprint density at radius 2 is 1.88 bits per heavy atom. The van der Waals surface area contributed by atoms with Crippen LogP contribution in [0.2, 0.25) is 0 Å². The lowest BCUT2D eigenvalue weighted by Crippen LogP contribution is -2.28. The van der Waals surface area contributed by atoms with Gasteiger partial charge in [0.05, 0.1) is 11.7 Å². The summed E-state index contributed by atoms with van der Waals surface area (Å²) in [4.78, 5) is 1.17. The number of hydrogen-bond donors (Lipinski definition) is 1. The SMILES string of the molecule is C=C1N=S(=C)(c2ccccc2)NC1CC.CC. The third-order valence-electron chi connectivity index (χ3n) is 2.55. The zero-order chi connectivity index (χ0) is 12.9. The van der Waals surface area contributed by atoms with Crippen LogP contribution in [0.1, 0.15) is 27.2 Å². The molecule has 0 fully saturated rings. The minimum Gasteiger partial charge on any atom is -0.249 e. The maximum absolute atomic E-state index is 4.61. The third kappa shape index (κ3) is 2.99. The van der Waals surface area contributed by atoms with Gasteiger partial charge in [-0.05, 0) is 34.0 Å². The van der Waals surface area contributed by atoms with Crippen LogP contribution in [-0.4, -0.2) is 11.9 Å². The molecule has 2 unspecified atom stereocenters. The summed E-state index contributed by atoms with van der Waals surface area (Å²) in [5.41, 5.74) is 0.936. The highest BCUT2D eigenvalue weighted by Crippen LogP contribution is 2.23. The molecule has 0 bridgehead atoms. The summed E-state index contributed by atoms with van der Waals surface area (Å²) < 4.78 is 8.10. The summed E-state index contributed by atoms with van der Waals surface area (Å²) in [5, 5.41) is 0. The topological polar surface area (TPSA) is 24.4 Å². The quantitative estimate of drug-likeness (QED) is 0.796. The molecule has 1 aliphatic rings. The number of nitrogens with zero attached hydrogens (tertiary/aromatic N) is 1. The molecule has 0 radical (unpaired) electrons. The monoisotopic (exact) mass is 250 g/mol. The highest BCUT2D eigenvalue weighted by atomic mass is 32.2. The minimum atomic E-state index is -1.47. The van der Waals surface area contributed by atoms with Crippen molar-refractivity contribution in [1.29, 1.82) is 0 Å². The fourth-order valence-electron chi connectivity index (χ4n) is 1.68. The van der Waals surface area contributed by atoms with E-state index in [4.69, 9.17) is 0 Å². The molecule has 3 heteroatoms. The molecular weight excluding hydrogens is 228 g/mol. The molecule has 0 saturated carbocycles. The summed E-state index contributed by atoms with van der Waals surface area (Å²) >= 11 is 0. The van der Waals surface area contributed by atoms with Gasteiger partial charge >= 0.3 is 0 Å². The second-order valence-electron chi connectivity index (χ2n) is 3.68. The predicted molar refractivity (Wildman–Crippen MR) is 79.3 cm³/mol. The van der Waals surface area contributed by atoms with E-state index in [2.05, 4.69) is 40.6 Å². The van der Waals surface area contributed by atoms with E-state index in [9.17, 15) is 0 Å². The number of hydrogen-bond acceptors (Lipinski definition) is 2. The maximum atomic E-state index is 4.61. The average molecular weight is 250 g/mol. The lowest BCUT2D eigenvalue weighted by molar-refractivity contribution is 0.707. The Hall–Kier alpha value is -1.06. The van der Waals surface area contributed by atoms with Crippen LogP contribution in [0.4, 0.5) is 0 Å². The molecule has 17 heavy (non-hydrogen) atoms. The van der Waals surface area contributed by atoms with Crippen LogP contribution < -0.4 is 4.72 Å². The Labute approximate surface area is 106 Å². The minimum absolute atomic E-state index is 0.290. The normalized spacial score (nSPS) is 27.0. The van der Waals surface area contributed by atoms with E-state index in [1.807, 2.05) is 32.0 Å². The van der Waals surface area contributed by atoms with Gasteiger partial charge < -0.3 is 0 Å². The van der Waals surface area contributed by atoms with E-state index in [0.29, 0.717) is 0 Å². The van der Waals surface area contributed by atoms with Crippen LogP contribution in [0, 0.1) is 0 Å². The molecule has 2 rings (SSSR count). The van der Waals surface area contributed by atoms with Gasteiger partial charge in [-0.2, -0.15) is 0 Å². The molecular formula is C14H22N2S. The molecule has 0 saturated heterocycles. The van der Waals surface area contributed by atoms with Gasteiger partial charge in [0.1, 0.15) is 0 Å². The van der Waals surface area contributed by atoms with Crippen LogP contribution in [0.5, 0.6) is 0 Å². The number of nitrogens with one attached hydrogen (secondary N) is 1. The second kappa shape index (κ2) is 6.03. The molecule has 94 valence electrons. The highest BCUT2D eigenvalue weighted by molar-refractivity contribution is 8.01. The Morgan fingerprint density at radius 1 is 1.29 bits per heavy atom. The first-order chi connectivity index (χ1) is 8.15. The second-order valence-corrected chi connectivity index (χ2v) is 5.97. The summed E-state index contributed by atoms with van der Waals surface area (Å²) in [6.07, 6.45) is 1.01. The van der Waals surface area contributed by atoms with Crippen molar-refractivity contribution in [2.75, 3.05) is 0 Å². The van der Waals surface area contributed by atoms with Crippen LogP contribution >= 0.6 is 0 Å². The third-order valence-corrected chi connectivity index (χ3v) is 4.83. The molecule has 1 aromatic rings. The van der Waals surface area contributed by atoms with Gasteiger partial charge in [-0.1, -0.05) is 45.5 Å². The maximum Gasteiger partial charge on any atom is 0.0598 e. The van der Waals surface area contributed by atoms with E-state index in [0.717, 1.165) is 12.1 Å². The first-order valence-electron chi connectivity index (χ1n) is 6.06. The highest BCUT2D eigenvalue weighted by Gasteiger charge is 2.21. The van der Waals surface area contributed by atoms with Crippen molar-refractivity contribution < 1.29 is 0 Å². The predicted octanol–water partition coefficient (Wildman–Crippen LogP) is 3.65. The molecule has 2 atom stereocenters. The summed E-state index contributed by atoms with van der Waals surface area (Å²) in [5.74, 6) is 4.23. The lowest BCUT2D eigenvalue weighted by Gasteiger charge is -2.13. The van der Waals surface area contributed by atoms with Gasteiger partial charge in [-0.15, -0.1) is 0 Å². The number of benzene rings is 1. The lowest BCUT2D eigenvalue weighted by atomic mass is 10.2. The molecule has 2 nitrogen and oxygen atoms in total. The van der Waals surface area contributed by atoms with E-state index < -0.39 is 9.60 Å².